The van der Waals surface area contributed by atoms with E-state index in [-0.39, 0.29) is 0 Å². The van der Waals surface area contributed by atoms with E-state index in [9.17, 15) is 5.11 Å². The van der Waals surface area contributed by atoms with Crippen molar-refractivity contribution >= 4 is 11.6 Å². The molecular weight excluding hydrogens is 258 g/mol. The molecule has 0 spiro atoms. The standard InChI is InChI=1S/C13H23N5O2/c1-3-20-9-11-15-10(17-14)8-12(16-11)18-6-4-13(2,19)5-7-18/h8,19H,3-7,9,14H2,1-2H3,(H,15,16,17). The topological polar surface area (TPSA) is 96.5 Å². The van der Waals surface area contributed by atoms with Gasteiger partial charge in [-0.15, -0.1) is 0 Å². The lowest BCUT2D eigenvalue weighted by Crippen LogP contribution is -2.42. The van der Waals surface area contributed by atoms with Gasteiger partial charge in [0.15, 0.2) is 5.82 Å². The first-order valence-electron chi connectivity index (χ1n) is 6.94. The molecule has 4 N–H and O–H groups in total. The summed E-state index contributed by atoms with van der Waals surface area (Å²) >= 11 is 0. The highest BCUT2D eigenvalue weighted by molar-refractivity contribution is 5.49. The van der Waals surface area contributed by atoms with E-state index in [0.29, 0.717) is 24.9 Å². The van der Waals surface area contributed by atoms with Gasteiger partial charge >= 0.3 is 0 Å². The number of hydrazine groups is 1. The lowest BCUT2D eigenvalue weighted by Gasteiger charge is -2.36. The van der Waals surface area contributed by atoms with Crippen molar-refractivity contribution in [3.05, 3.63) is 11.9 Å². The van der Waals surface area contributed by atoms with Crippen molar-refractivity contribution in [3.8, 4) is 0 Å². The Labute approximate surface area is 119 Å². The molecule has 7 heteroatoms. The number of anilines is 2. The largest absolute Gasteiger partial charge is 0.390 e. The molecular formula is C13H23N5O2. The molecule has 0 bridgehead atoms. The maximum absolute atomic E-state index is 10.00. The molecule has 1 saturated heterocycles. The Bertz CT molecular complexity index is 442. The number of nitrogens with two attached hydrogens (primary N) is 1. The molecule has 1 aliphatic heterocycles. The van der Waals surface area contributed by atoms with Crippen LogP contribution >= 0.6 is 0 Å². The molecule has 1 fully saturated rings. The predicted molar refractivity (Wildman–Crippen MR) is 77.2 cm³/mol. The van der Waals surface area contributed by atoms with E-state index >= 15 is 0 Å². The van der Waals surface area contributed by atoms with Crippen molar-refractivity contribution in [2.24, 2.45) is 5.84 Å². The van der Waals surface area contributed by atoms with Crippen LogP contribution in [0.3, 0.4) is 0 Å². The van der Waals surface area contributed by atoms with Crippen LogP contribution in [0.15, 0.2) is 6.07 Å². The molecule has 7 nitrogen and oxygen atoms in total. The number of piperidine rings is 1. The first kappa shape index (κ1) is 15.0. The first-order valence-corrected chi connectivity index (χ1v) is 6.94. The zero-order chi connectivity index (χ0) is 14.6. The van der Waals surface area contributed by atoms with Gasteiger partial charge in [-0.1, -0.05) is 0 Å². The van der Waals surface area contributed by atoms with E-state index in [1.807, 2.05) is 19.9 Å². The zero-order valence-corrected chi connectivity index (χ0v) is 12.1. The highest BCUT2D eigenvalue weighted by atomic mass is 16.5. The van der Waals surface area contributed by atoms with E-state index < -0.39 is 5.60 Å². The third-order valence-corrected chi connectivity index (χ3v) is 3.51. The van der Waals surface area contributed by atoms with Gasteiger partial charge in [-0.2, -0.15) is 0 Å². The second-order valence-electron chi connectivity index (χ2n) is 5.29. The van der Waals surface area contributed by atoms with Crippen molar-refractivity contribution in [1.29, 1.82) is 0 Å². The van der Waals surface area contributed by atoms with Gasteiger partial charge in [0.2, 0.25) is 0 Å². The molecule has 112 valence electrons. The van der Waals surface area contributed by atoms with Crippen LogP contribution in [0.1, 0.15) is 32.5 Å². The van der Waals surface area contributed by atoms with Gasteiger partial charge < -0.3 is 20.2 Å². The van der Waals surface area contributed by atoms with Gasteiger partial charge in [-0.25, -0.2) is 15.8 Å². The van der Waals surface area contributed by atoms with Crippen LogP contribution in [0.25, 0.3) is 0 Å². The Morgan fingerprint density at radius 2 is 2.15 bits per heavy atom. The van der Waals surface area contributed by atoms with Crippen LogP contribution in [-0.4, -0.2) is 40.4 Å². The number of hydrogen-bond acceptors (Lipinski definition) is 7. The number of nitrogens with one attached hydrogen (secondary N) is 1. The number of nitrogens with zero attached hydrogens (tertiary/aromatic N) is 3. The molecule has 0 saturated carbocycles. The van der Waals surface area contributed by atoms with Gasteiger partial charge in [-0.3, -0.25) is 0 Å². The minimum absolute atomic E-state index is 0.366. The van der Waals surface area contributed by atoms with Gasteiger partial charge in [0.25, 0.3) is 0 Å². The first-order chi connectivity index (χ1) is 9.54. The summed E-state index contributed by atoms with van der Waals surface area (Å²) in [4.78, 5) is 10.9. The lowest BCUT2D eigenvalue weighted by atomic mass is 9.94. The third kappa shape index (κ3) is 3.78. The summed E-state index contributed by atoms with van der Waals surface area (Å²) in [6.45, 7) is 6.32. The van der Waals surface area contributed by atoms with Crippen molar-refractivity contribution < 1.29 is 9.84 Å². The predicted octanol–water partition coefficient (Wildman–Crippen LogP) is 0.650. The maximum Gasteiger partial charge on any atom is 0.158 e. The Hall–Kier alpha value is -1.44. The summed E-state index contributed by atoms with van der Waals surface area (Å²) in [6.07, 6.45) is 1.45. The van der Waals surface area contributed by atoms with Crippen molar-refractivity contribution in [1.82, 2.24) is 9.97 Å². The molecule has 20 heavy (non-hydrogen) atoms. The van der Waals surface area contributed by atoms with E-state index in [2.05, 4.69) is 20.3 Å². The van der Waals surface area contributed by atoms with Crippen LogP contribution in [-0.2, 0) is 11.3 Å². The quantitative estimate of drug-likeness (QED) is 0.538. The minimum atomic E-state index is -0.577. The number of nitrogen functional groups attached to an aromatic ring is 1. The fourth-order valence-electron chi connectivity index (χ4n) is 2.19. The monoisotopic (exact) mass is 281 g/mol. The number of hydrogen-bond donors (Lipinski definition) is 3. The Balaban J connectivity index is 2.14. The highest BCUT2D eigenvalue weighted by Crippen LogP contribution is 2.25. The molecule has 0 aromatic carbocycles. The lowest BCUT2D eigenvalue weighted by molar-refractivity contribution is 0.0350. The summed E-state index contributed by atoms with van der Waals surface area (Å²) in [5, 5.41) is 10.00. The molecule has 0 aliphatic carbocycles. The molecule has 1 aromatic rings. The molecule has 0 atom stereocenters. The second kappa shape index (κ2) is 6.34. The molecule has 0 amide bonds. The molecule has 0 unspecified atom stereocenters. The fraction of sp³-hybridized carbons (Fsp3) is 0.692. The van der Waals surface area contributed by atoms with E-state index in [0.717, 1.165) is 31.7 Å². The van der Waals surface area contributed by atoms with Crippen LogP contribution in [0.2, 0.25) is 0 Å². The average molecular weight is 281 g/mol. The summed E-state index contributed by atoms with van der Waals surface area (Å²) in [7, 11) is 0. The summed E-state index contributed by atoms with van der Waals surface area (Å²) in [5.74, 6) is 7.44. The number of rotatable bonds is 5. The molecule has 1 aromatic heterocycles. The molecule has 1 aliphatic rings. The SMILES string of the molecule is CCOCc1nc(NN)cc(N2CCC(C)(O)CC2)n1. The molecule has 2 heterocycles. The Morgan fingerprint density at radius 3 is 2.75 bits per heavy atom. The van der Waals surface area contributed by atoms with Crippen LogP contribution in [0, 0.1) is 0 Å². The van der Waals surface area contributed by atoms with Gasteiger partial charge in [0.1, 0.15) is 18.2 Å². The normalized spacial score (nSPS) is 18.1. The van der Waals surface area contributed by atoms with Crippen LogP contribution < -0.4 is 16.2 Å². The van der Waals surface area contributed by atoms with Crippen molar-refractivity contribution in [2.75, 3.05) is 30.0 Å². The maximum atomic E-state index is 10.00. The minimum Gasteiger partial charge on any atom is -0.390 e. The summed E-state index contributed by atoms with van der Waals surface area (Å²) in [5.41, 5.74) is 1.98. The number of aliphatic hydroxyl groups is 1. The average Bonchev–Trinajstić information content (AvgIpc) is 2.44. The summed E-state index contributed by atoms with van der Waals surface area (Å²) in [6, 6.07) is 1.81. The van der Waals surface area contributed by atoms with E-state index in [1.54, 1.807) is 0 Å². The second-order valence-corrected chi connectivity index (χ2v) is 5.29. The highest BCUT2D eigenvalue weighted by Gasteiger charge is 2.28. The Kier molecular flexibility index (Phi) is 4.74. The van der Waals surface area contributed by atoms with Crippen molar-refractivity contribution in [2.45, 2.75) is 38.9 Å². The van der Waals surface area contributed by atoms with Gasteiger partial charge in [-0.05, 0) is 26.7 Å². The van der Waals surface area contributed by atoms with Crippen LogP contribution in [0.5, 0.6) is 0 Å². The molecule has 0 radical (unpaired) electrons. The van der Waals surface area contributed by atoms with Crippen molar-refractivity contribution in [3.63, 3.8) is 0 Å². The smallest absolute Gasteiger partial charge is 0.158 e. The number of aromatic nitrogens is 2. The van der Waals surface area contributed by atoms with E-state index in [1.165, 1.54) is 0 Å². The van der Waals surface area contributed by atoms with Gasteiger partial charge in [0.05, 0.1) is 5.60 Å². The fourth-order valence-corrected chi connectivity index (χ4v) is 2.19. The Morgan fingerprint density at radius 1 is 1.45 bits per heavy atom. The summed E-state index contributed by atoms with van der Waals surface area (Å²) < 4.78 is 5.34. The van der Waals surface area contributed by atoms with E-state index in [4.69, 9.17) is 10.6 Å². The third-order valence-electron chi connectivity index (χ3n) is 3.51. The van der Waals surface area contributed by atoms with Gasteiger partial charge in [0, 0.05) is 25.8 Å². The zero-order valence-electron chi connectivity index (χ0n) is 12.1. The molecule has 2 rings (SSSR count). The van der Waals surface area contributed by atoms with Crippen LogP contribution in [0.4, 0.5) is 11.6 Å². The number of ether oxygens (including phenoxy) is 1.